The molecule has 10 heteroatoms. The Bertz CT molecular complexity index is 1100. The van der Waals surface area contributed by atoms with Gasteiger partial charge < -0.3 is 38.9 Å². The normalized spacial score (nSPS) is 29.0. The first kappa shape index (κ1) is 20.0. The fourth-order valence-corrected chi connectivity index (χ4v) is 4.94. The average molecular weight is 433 g/mol. The second-order valence-corrected chi connectivity index (χ2v) is 8.16. The monoisotopic (exact) mass is 433 g/mol. The topological polar surface area (TPSA) is 140 Å². The minimum atomic E-state index is -0.953. The Kier molecular flexibility index (Phi) is 4.52. The molecule has 1 aromatic heterocycles. The first-order valence-corrected chi connectivity index (χ1v) is 10.1. The van der Waals surface area contributed by atoms with E-state index in [1.165, 1.54) is 6.07 Å². The van der Waals surface area contributed by atoms with Crippen molar-refractivity contribution in [1.82, 2.24) is 0 Å². The summed E-state index contributed by atoms with van der Waals surface area (Å²) >= 11 is 0. The maximum atomic E-state index is 11.9. The van der Waals surface area contributed by atoms with Gasteiger partial charge in [-0.25, -0.2) is 9.59 Å². The van der Waals surface area contributed by atoms with Gasteiger partial charge in [-0.05, 0) is 31.9 Å². The summed E-state index contributed by atoms with van der Waals surface area (Å²) < 4.78 is 34.2. The Hall–Kier alpha value is -2.98. The van der Waals surface area contributed by atoms with Crippen molar-refractivity contribution in [2.75, 3.05) is 12.8 Å². The van der Waals surface area contributed by atoms with Crippen LogP contribution in [0.3, 0.4) is 0 Å². The summed E-state index contributed by atoms with van der Waals surface area (Å²) in [5, 5.41) is 10.5. The fraction of sp³-hybridized carbons (Fsp3) is 0.524. The number of rotatable bonds is 3. The number of aryl methyl sites for hydroxylation is 1. The van der Waals surface area contributed by atoms with Crippen LogP contribution in [0.5, 0.6) is 11.5 Å². The van der Waals surface area contributed by atoms with Gasteiger partial charge in [0.2, 0.25) is 12.4 Å². The molecule has 2 aliphatic heterocycles. The molecule has 0 bridgehead atoms. The van der Waals surface area contributed by atoms with Gasteiger partial charge in [0.1, 0.15) is 23.0 Å². The number of anilines is 1. The smallest absolute Gasteiger partial charge is 0.505 e. The van der Waals surface area contributed by atoms with Crippen LogP contribution in [0.25, 0.3) is 11.0 Å². The van der Waals surface area contributed by atoms with E-state index >= 15 is 0 Å². The molecule has 0 amide bonds. The maximum absolute atomic E-state index is 11.9. The summed E-state index contributed by atoms with van der Waals surface area (Å²) in [6, 6.07) is 3.14. The first-order valence-electron chi connectivity index (χ1n) is 10.1. The number of methoxy groups -OCH3 is 1. The van der Waals surface area contributed by atoms with E-state index in [2.05, 4.69) is 0 Å². The molecule has 2 aromatic rings. The number of carbonyl (C=O) groups excluding carboxylic acids is 1. The van der Waals surface area contributed by atoms with Gasteiger partial charge in [-0.3, -0.25) is 0 Å². The highest BCUT2D eigenvalue weighted by atomic mass is 16.8. The molecule has 1 saturated carbocycles. The Labute approximate surface area is 176 Å². The first-order chi connectivity index (χ1) is 14.8. The van der Waals surface area contributed by atoms with Crippen LogP contribution in [0, 0.1) is 6.92 Å². The molecule has 166 valence electrons. The summed E-state index contributed by atoms with van der Waals surface area (Å²) in [5.74, 6) is -0.00335. The molecule has 0 unspecified atom stereocenters. The van der Waals surface area contributed by atoms with Crippen LogP contribution < -0.4 is 16.1 Å². The van der Waals surface area contributed by atoms with Crippen molar-refractivity contribution >= 4 is 22.8 Å². The largest absolute Gasteiger partial charge is 0.509 e. The van der Waals surface area contributed by atoms with Crippen LogP contribution in [0.2, 0.25) is 0 Å². The van der Waals surface area contributed by atoms with E-state index in [1.54, 1.807) is 20.1 Å². The predicted octanol–water partition coefficient (Wildman–Crippen LogP) is 2.36. The average Bonchev–Trinajstić information content (AvgIpc) is 3.36. The highest BCUT2D eigenvalue weighted by Gasteiger charge is 2.62. The van der Waals surface area contributed by atoms with Crippen molar-refractivity contribution in [2.24, 2.45) is 0 Å². The lowest BCUT2D eigenvalue weighted by molar-refractivity contribution is -0.292. The van der Waals surface area contributed by atoms with Crippen LogP contribution >= 0.6 is 0 Å². The fourth-order valence-electron chi connectivity index (χ4n) is 4.94. The summed E-state index contributed by atoms with van der Waals surface area (Å²) in [5.41, 5.74) is 4.32. The zero-order valence-corrected chi connectivity index (χ0v) is 17.1. The number of hydrogen-bond acceptors (Lipinski definition) is 10. The molecule has 3 N–H and O–H groups in total. The highest BCUT2D eigenvalue weighted by molar-refractivity contribution is 5.90. The minimum Gasteiger partial charge on any atom is -0.505 e. The number of benzene rings is 1. The summed E-state index contributed by atoms with van der Waals surface area (Å²) in [7, 11) is 1.56. The summed E-state index contributed by atoms with van der Waals surface area (Å²) in [6.45, 7) is 1.68. The van der Waals surface area contributed by atoms with Crippen LogP contribution in [-0.2, 0) is 18.9 Å². The minimum absolute atomic E-state index is 0.145. The molecule has 0 radical (unpaired) electrons. The third kappa shape index (κ3) is 2.93. The Morgan fingerprint density at radius 1 is 1.16 bits per heavy atom. The molecule has 2 saturated heterocycles. The lowest BCUT2D eigenvalue weighted by Crippen LogP contribution is -2.64. The summed E-state index contributed by atoms with van der Waals surface area (Å²) in [4.78, 5) is 23.8. The Morgan fingerprint density at radius 3 is 2.58 bits per heavy atom. The zero-order chi connectivity index (χ0) is 21.9. The predicted molar refractivity (Wildman–Crippen MR) is 106 cm³/mol. The van der Waals surface area contributed by atoms with Crippen LogP contribution in [-0.4, -0.2) is 48.6 Å². The second-order valence-electron chi connectivity index (χ2n) is 8.16. The molecule has 1 aromatic carbocycles. The van der Waals surface area contributed by atoms with Crippen LogP contribution in [0.4, 0.5) is 10.5 Å². The van der Waals surface area contributed by atoms with Gasteiger partial charge in [-0.15, -0.1) is 0 Å². The number of nitrogens with two attached hydrogens (primary N) is 1. The van der Waals surface area contributed by atoms with E-state index in [0.717, 1.165) is 25.7 Å². The van der Waals surface area contributed by atoms with Gasteiger partial charge in [-0.1, -0.05) is 12.8 Å². The third-order valence-corrected chi connectivity index (χ3v) is 6.45. The molecule has 3 heterocycles. The molecule has 3 aliphatic rings. The number of nitrogen functional groups attached to an aromatic ring is 1. The molecule has 10 nitrogen and oxygen atoms in total. The maximum Gasteiger partial charge on any atom is 0.509 e. The van der Waals surface area contributed by atoms with Gasteiger partial charge >= 0.3 is 11.8 Å². The van der Waals surface area contributed by atoms with Crippen molar-refractivity contribution < 1.29 is 38.0 Å². The van der Waals surface area contributed by atoms with Crippen LogP contribution in [0.15, 0.2) is 21.3 Å². The van der Waals surface area contributed by atoms with E-state index < -0.39 is 42.0 Å². The van der Waals surface area contributed by atoms with Crippen molar-refractivity contribution in [3.8, 4) is 11.5 Å². The number of fused-ring (bicyclic) bond motifs is 2. The van der Waals surface area contributed by atoms with Crippen molar-refractivity contribution in [3.63, 3.8) is 0 Å². The van der Waals surface area contributed by atoms with Crippen LogP contribution in [0.1, 0.15) is 31.2 Å². The molecule has 1 spiro atoms. The third-order valence-electron chi connectivity index (χ3n) is 6.45. The number of ether oxygens (including phenoxy) is 5. The van der Waals surface area contributed by atoms with E-state index in [1.807, 2.05) is 0 Å². The van der Waals surface area contributed by atoms with E-state index in [-0.39, 0.29) is 22.4 Å². The molecule has 4 atom stereocenters. The van der Waals surface area contributed by atoms with Gasteiger partial charge in [-0.2, -0.15) is 0 Å². The van der Waals surface area contributed by atoms with E-state index in [4.69, 9.17) is 33.8 Å². The SMILES string of the molecule is CO[C@@H]1[C@H]2OC(=O)O[C@H]2[C@H](Oc2ccc3c(O)c(N)c(=O)oc3c2C)OC12CCCC2. The van der Waals surface area contributed by atoms with Crippen molar-refractivity contribution in [3.05, 3.63) is 28.1 Å². The number of hydrogen-bond donors (Lipinski definition) is 2. The highest BCUT2D eigenvalue weighted by Crippen LogP contribution is 2.47. The van der Waals surface area contributed by atoms with Gasteiger partial charge in [0.15, 0.2) is 17.5 Å². The van der Waals surface area contributed by atoms with E-state index in [0.29, 0.717) is 11.3 Å². The second kappa shape index (κ2) is 7.03. The van der Waals surface area contributed by atoms with Gasteiger partial charge in [0.25, 0.3) is 0 Å². The molecule has 5 rings (SSSR count). The molecule has 31 heavy (non-hydrogen) atoms. The molecular weight excluding hydrogens is 410 g/mol. The molecule has 1 aliphatic carbocycles. The van der Waals surface area contributed by atoms with Crippen molar-refractivity contribution in [1.29, 1.82) is 0 Å². The Morgan fingerprint density at radius 2 is 1.87 bits per heavy atom. The van der Waals surface area contributed by atoms with Crippen molar-refractivity contribution in [2.45, 2.75) is 62.8 Å². The lowest BCUT2D eigenvalue weighted by Gasteiger charge is -2.47. The molecular formula is C21H23NO9. The lowest BCUT2D eigenvalue weighted by atomic mass is 9.85. The quantitative estimate of drug-likeness (QED) is 0.547. The van der Waals surface area contributed by atoms with E-state index in [9.17, 15) is 14.7 Å². The molecule has 3 fully saturated rings. The standard InChI is InChI=1S/C21H23NO9/c1-9-11(6-5-10-13(23)12(22)18(24)28-14(9)10)27-19-16-15(29-20(25)30-16)17(26-2)21(31-19)7-3-4-8-21/h5-6,15-17,19,23H,3-4,7-8,22H2,1-2H3/t15-,16+,17+,19+/m0/s1. The summed E-state index contributed by atoms with van der Waals surface area (Å²) in [6.07, 6.45) is -0.323. The zero-order valence-electron chi connectivity index (χ0n) is 17.1. The number of aromatic hydroxyl groups is 1. The van der Waals surface area contributed by atoms with Gasteiger partial charge in [0.05, 0.1) is 5.39 Å². The van der Waals surface area contributed by atoms with Gasteiger partial charge in [0, 0.05) is 12.7 Å². The number of carbonyl (C=O) groups is 1. The Balaban J connectivity index is 1.53.